The molecule has 0 unspecified atom stereocenters. The van der Waals surface area contributed by atoms with Crippen LogP contribution in [0.1, 0.15) is 86.5 Å². The zero-order chi connectivity index (χ0) is 25.9. The highest BCUT2D eigenvalue weighted by atomic mass is 16.5. The van der Waals surface area contributed by atoms with Crippen LogP contribution in [0.15, 0.2) is 0 Å². The molecule has 1 saturated heterocycles. The lowest BCUT2D eigenvalue weighted by Crippen LogP contribution is -2.55. The van der Waals surface area contributed by atoms with E-state index in [1.165, 1.54) is 0 Å². The van der Waals surface area contributed by atoms with Gasteiger partial charge in [0.15, 0.2) is 0 Å². The summed E-state index contributed by atoms with van der Waals surface area (Å²) in [5.41, 5.74) is -0.348. The fourth-order valence-corrected chi connectivity index (χ4v) is 9.60. The van der Waals surface area contributed by atoms with Crippen LogP contribution in [0.25, 0.3) is 0 Å². The molecule has 3 saturated carbocycles. The molecular formula is C29H50O6. The van der Waals surface area contributed by atoms with Gasteiger partial charge in [-0.05, 0) is 90.8 Å². The first kappa shape index (κ1) is 27.3. The molecule has 0 amide bonds. The minimum absolute atomic E-state index is 0.00679. The van der Waals surface area contributed by atoms with Crippen molar-refractivity contribution in [3.05, 3.63) is 0 Å². The van der Waals surface area contributed by atoms with Crippen LogP contribution in [-0.4, -0.2) is 57.4 Å². The molecule has 0 radical (unpaired) electrons. The number of ether oxygens (including phenoxy) is 1. The third-order valence-electron chi connectivity index (χ3n) is 11.7. The molecule has 4 rings (SSSR count). The van der Waals surface area contributed by atoms with Gasteiger partial charge in [-0.2, -0.15) is 0 Å². The summed E-state index contributed by atoms with van der Waals surface area (Å²) in [6.07, 6.45) is 2.49. The fourth-order valence-electron chi connectivity index (χ4n) is 9.60. The van der Waals surface area contributed by atoms with Gasteiger partial charge in [0, 0.05) is 0 Å². The first-order valence-electron chi connectivity index (χ1n) is 14.3. The maximum Gasteiger partial charge on any atom is 0.309 e. The standard InChI is InChI=1S/C29H50O6/c1-7-17(15(2)3)26(33)25(32)16(4)19-8-9-20-18-14-35-27(34)22-12-23(30)24(31)13-29(22,6)21(18)10-11-28(19,20)5/h15-26,30-33H,7-14H2,1-6H3/t16-,17-,18-,19+,20-,21-,22+,23-,24+,25-,26+,28+,29+/m0/s1. The van der Waals surface area contributed by atoms with Crippen molar-refractivity contribution < 1.29 is 30.0 Å². The summed E-state index contributed by atoms with van der Waals surface area (Å²) in [7, 11) is 0. The number of rotatable bonds is 6. The minimum atomic E-state index is -0.867. The van der Waals surface area contributed by atoms with Crippen LogP contribution in [-0.2, 0) is 9.53 Å². The Hall–Kier alpha value is -0.690. The van der Waals surface area contributed by atoms with E-state index in [0.29, 0.717) is 30.8 Å². The Morgan fingerprint density at radius 3 is 2.26 bits per heavy atom. The second kappa shape index (κ2) is 9.89. The first-order chi connectivity index (χ1) is 16.4. The van der Waals surface area contributed by atoms with Gasteiger partial charge in [0.2, 0.25) is 0 Å². The Bertz CT molecular complexity index is 770. The van der Waals surface area contributed by atoms with Crippen molar-refractivity contribution in [3.63, 3.8) is 0 Å². The zero-order valence-corrected chi connectivity index (χ0v) is 22.7. The number of aliphatic hydroxyl groups excluding tert-OH is 4. The highest BCUT2D eigenvalue weighted by molar-refractivity contribution is 5.74. The first-order valence-corrected chi connectivity index (χ1v) is 14.3. The summed E-state index contributed by atoms with van der Waals surface area (Å²) in [4.78, 5) is 13.0. The van der Waals surface area contributed by atoms with E-state index in [2.05, 4.69) is 41.5 Å². The van der Waals surface area contributed by atoms with Crippen molar-refractivity contribution in [2.45, 2.75) is 111 Å². The second-order valence-electron chi connectivity index (χ2n) is 13.5. The van der Waals surface area contributed by atoms with Crippen molar-refractivity contribution >= 4 is 5.97 Å². The van der Waals surface area contributed by atoms with Crippen LogP contribution < -0.4 is 0 Å². The van der Waals surface area contributed by atoms with Gasteiger partial charge in [0.25, 0.3) is 0 Å². The smallest absolute Gasteiger partial charge is 0.309 e. The van der Waals surface area contributed by atoms with Crippen LogP contribution in [0.2, 0.25) is 0 Å². The van der Waals surface area contributed by atoms with E-state index in [0.717, 1.165) is 32.1 Å². The largest absolute Gasteiger partial charge is 0.465 e. The monoisotopic (exact) mass is 494 g/mol. The lowest BCUT2D eigenvalue weighted by atomic mass is 9.48. The van der Waals surface area contributed by atoms with E-state index in [-0.39, 0.29) is 52.8 Å². The number of carbonyl (C=O) groups excluding carboxylic acids is 1. The number of esters is 1. The Morgan fingerprint density at radius 1 is 0.971 bits per heavy atom. The molecule has 0 spiro atoms. The number of carbonyl (C=O) groups is 1. The van der Waals surface area contributed by atoms with Crippen LogP contribution in [0.4, 0.5) is 0 Å². The van der Waals surface area contributed by atoms with Gasteiger partial charge < -0.3 is 25.2 Å². The molecule has 4 fully saturated rings. The molecule has 1 heterocycles. The maximum atomic E-state index is 13.0. The summed E-state index contributed by atoms with van der Waals surface area (Å²) in [6, 6.07) is 0. The van der Waals surface area contributed by atoms with Gasteiger partial charge in [0.05, 0.1) is 36.9 Å². The van der Waals surface area contributed by atoms with Crippen LogP contribution in [0, 0.1) is 58.2 Å². The molecule has 4 N–H and O–H groups in total. The number of hydrogen-bond donors (Lipinski definition) is 4. The number of hydrogen-bond acceptors (Lipinski definition) is 6. The fraction of sp³-hybridized carbons (Fsp3) is 0.966. The van der Waals surface area contributed by atoms with E-state index < -0.39 is 24.4 Å². The van der Waals surface area contributed by atoms with Crippen molar-refractivity contribution in [2.75, 3.05) is 6.61 Å². The van der Waals surface area contributed by atoms with Gasteiger partial charge in [-0.3, -0.25) is 4.79 Å². The maximum absolute atomic E-state index is 13.0. The van der Waals surface area contributed by atoms with Crippen molar-refractivity contribution in [1.82, 2.24) is 0 Å². The average Bonchev–Trinajstić information content (AvgIpc) is 3.11. The van der Waals surface area contributed by atoms with Crippen molar-refractivity contribution in [1.29, 1.82) is 0 Å². The highest BCUT2D eigenvalue weighted by Crippen LogP contribution is 2.66. The van der Waals surface area contributed by atoms with E-state index in [4.69, 9.17) is 4.74 Å². The molecule has 0 bridgehead atoms. The average molecular weight is 495 g/mol. The quantitative estimate of drug-likeness (QED) is 0.419. The molecule has 6 heteroatoms. The number of aliphatic hydroxyl groups is 4. The minimum Gasteiger partial charge on any atom is -0.465 e. The molecular weight excluding hydrogens is 444 g/mol. The van der Waals surface area contributed by atoms with Gasteiger partial charge in [-0.15, -0.1) is 0 Å². The molecule has 0 aromatic carbocycles. The summed E-state index contributed by atoms with van der Waals surface area (Å²) < 4.78 is 5.88. The van der Waals surface area contributed by atoms with Crippen LogP contribution in [0.3, 0.4) is 0 Å². The molecule has 4 aliphatic rings. The summed E-state index contributed by atoms with van der Waals surface area (Å²) in [5, 5.41) is 43.2. The van der Waals surface area contributed by atoms with Gasteiger partial charge >= 0.3 is 5.97 Å². The summed E-state index contributed by atoms with van der Waals surface area (Å²) >= 11 is 0. The molecule has 13 atom stereocenters. The summed E-state index contributed by atoms with van der Waals surface area (Å²) in [5.74, 6) is 1.01. The normalized spacial score (nSPS) is 47.1. The molecule has 0 aromatic heterocycles. The number of cyclic esters (lactones) is 1. The Kier molecular flexibility index (Phi) is 7.72. The topological polar surface area (TPSA) is 107 Å². The predicted octanol–water partition coefficient (Wildman–Crippen LogP) is 3.78. The highest BCUT2D eigenvalue weighted by Gasteiger charge is 2.63. The van der Waals surface area contributed by atoms with Crippen molar-refractivity contribution in [2.24, 2.45) is 58.2 Å². The Balaban J connectivity index is 1.57. The lowest BCUT2D eigenvalue weighted by Gasteiger charge is -2.56. The molecule has 0 aromatic rings. The van der Waals surface area contributed by atoms with Gasteiger partial charge in [-0.1, -0.05) is 48.0 Å². The summed E-state index contributed by atoms with van der Waals surface area (Å²) in [6.45, 7) is 13.4. The van der Waals surface area contributed by atoms with E-state index in [1.807, 2.05) is 0 Å². The van der Waals surface area contributed by atoms with E-state index in [9.17, 15) is 25.2 Å². The van der Waals surface area contributed by atoms with Crippen LogP contribution >= 0.6 is 0 Å². The Morgan fingerprint density at radius 2 is 1.63 bits per heavy atom. The van der Waals surface area contributed by atoms with Crippen LogP contribution in [0.5, 0.6) is 0 Å². The van der Waals surface area contributed by atoms with E-state index in [1.54, 1.807) is 0 Å². The molecule has 3 aliphatic carbocycles. The third kappa shape index (κ3) is 4.38. The SMILES string of the molecule is CC[C@@H](C(C)C)[C@@H](O)[C@@H](O)[C@@H](C)[C@H]1CC[C@H]2[C@@H]3COC(=O)[C@H]4C[C@H](O)[C@H](O)C[C@]4(C)[C@H]3CC[C@]12C. The van der Waals surface area contributed by atoms with Gasteiger partial charge in [0.1, 0.15) is 0 Å². The third-order valence-corrected chi connectivity index (χ3v) is 11.7. The van der Waals surface area contributed by atoms with Crippen molar-refractivity contribution in [3.8, 4) is 0 Å². The molecule has 202 valence electrons. The zero-order valence-electron chi connectivity index (χ0n) is 22.7. The molecule has 1 aliphatic heterocycles. The molecule has 6 nitrogen and oxygen atoms in total. The van der Waals surface area contributed by atoms with E-state index >= 15 is 0 Å². The lowest BCUT2D eigenvalue weighted by molar-refractivity contribution is -0.162. The number of fused-ring (bicyclic) bond motifs is 5. The van der Waals surface area contributed by atoms with Gasteiger partial charge in [-0.25, -0.2) is 0 Å². The second-order valence-corrected chi connectivity index (χ2v) is 13.5. The predicted molar refractivity (Wildman–Crippen MR) is 134 cm³/mol. The Labute approximate surface area is 211 Å². The molecule has 35 heavy (non-hydrogen) atoms.